The van der Waals surface area contributed by atoms with Gasteiger partial charge in [0, 0.05) is 12.8 Å². The monoisotopic (exact) mass is 312 g/mol. The molecule has 0 atom stereocenters. The summed E-state index contributed by atoms with van der Waals surface area (Å²) in [7, 11) is 0. The van der Waals surface area contributed by atoms with Gasteiger partial charge >= 0.3 is 0 Å². The van der Waals surface area contributed by atoms with Crippen LogP contribution < -0.4 is 5.32 Å². The molecule has 0 aromatic carbocycles. The molecule has 1 N–H and O–H groups in total. The van der Waals surface area contributed by atoms with E-state index in [0.717, 1.165) is 17.1 Å². The number of rotatable bonds is 6. The van der Waals surface area contributed by atoms with Crippen molar-refractivity contribution in [3.63, 3.8) is 0 Å². The van der Waals surface area contributed by atoms with Crippen molar-refractivity contribution in [2.45, 2.75) is 32.3 Å². The Morgan fingerprint density at radius 2 is 2.22 bits per heavy atom. The summed E-state index contributed by atoms with van der Waals surface area (Å²) in [5.41, 5.74) is 1.18. The average Bonchev–Trinajstić information content (AvgIpc) is 2.40. The fraction of sp³-hybridized carbons (Fsp3) is 0.643. The van der Waals surface area contributed by atoms with Gasteiger partial charge in [0.05, 0.1) is 6.61 Å². The predicted molar refractivity (Wildman–Crippen MR) is 76.4 cm³/mol. The maximum absolute atomic E-state index is 5.70. The zero-order chi connectivity index (χ0) is 12.6. The van der Waals surface area contributed by atoms with E-state index in [2.05, 4.69) is 26.2 Å². The molecule has 0 unspecified atom stereocenters. The molecule has 1 aliphatic rings. The maximum atomic E-state index is 5.70. The first-order chi connectivity index (χ1) is 8.84. The van der Waals surface area contributed by atoms with E-state index < -0.39 is 0 Å². The summed E-state index contributed by atoms with van der Waals surface area (Å²) in [5.74, 6) is 0.907. The highest BCUT2D eigenvalue weighted by Gasteiger charge is 2.11. The number of hydrogen-bond acceptors (Lipinski definition) is 3. The van der Waals surface area contributed by atoms with Gasteiger partial charge in [0.1, 0.15) is 4.60 Å². The molecule has 0 radical (unpaired) electrons. The van der Waals surface area contributed by atoms with Gasteiger partial charge in [0.2, 0.25) is 0 Å². The van der Waals surface area contributed by atoms with Crippen LogP contribution in [0.5, 0.6) is 0 Å². The molecule has 0 saturated carbocycles. The Morgan fingerprint density at radius 1 is 1.39 bits per heavy atom. The summed E-state index contributed by atoms with van der Waals surface area (Å²) in [6.45, 7) is 3.93. The van der Waals surface area contributed by atoms with Crippen LogP contribution in [-0.2, 0) is 11.3 Å². The molecule has 1 aromatic rings. The molecule has 1 saturated heterocycles. The lowest BCUT2D eigenvalue weighted by Gasteiger charge is -2.22. The lowest BCUT2D eigenvalue weighted by Crippen LogP contribution is -2.27. The van der Waals surface area contributed by atoms with Crippen LogP contribution in [0, 0.1) is 5.92 Å². The largest absolute Gasteiger partial charge is 0.377 e. The van der Waals surface area contributed by atoms with Crippen LogP contribution in [-0.4, -0.2) is 24.7 Å². The number of hydrogen-bond donors (Lipinski definition) is 1. The molecule has 4 heteroatoms. The van der Waals surface area contributed by atoms with E-state index in [1.807, 2.05) is 12.1 Å². The molecule has 0 aliphatic carbocycles. The first-order valence-electron chi connectivity index (χ1n) is 6.73. The first kappa shape index (κ1) is 14.0. The normalized spacial score (nSPS) is 16.9. The summed E-state index contributed by atoms with van der Waals surface area (Å²) in [6, 6.07) is 4.00. The van der Waals surface area contributed by atoms with E-state index in [1.54, 1.807) is 6.20 Å². The van der Waals surface area contributed by atoms with Crippen molar-refractivity contribution in [2.24, 2.45) is 5.92 Å². The number of nitrogens with one attached hydrogen (secondary N) is 1. The van der Waals surface area contributed by atoms with Crippen molar-refractivity contribution < 1.29 is 4.74 Å². The van der Waals surface area contributed by atoms with Gasteiger partial charge in [0.25, 0.3) is 0 Å². The minimum Gasteiger partial charge on any atom is -0.377 e. The number of aromatic nitrogens is 1. The molecule has 2 heterocycles. The molecule has 100 valence electrons. The molecule has 18 heavy (non-hydrogen) atoms. The van der Waals surface area contributed by atoms with Crippen LogP contribution in [0.4, 0.5) is 0 Å². The SMILES string of the molecule is Brc1cc(COCCCC2CCNCC2)ccn1. The second kappa shape index (κ2) is 7.87. The molecular weight excluding hydrogens is 292 g/mol. The minimum absolute atomic E-state index is 0.688. The van der Waals surface area contributed by atoms with Crippen LogP contribution in [0.3, 0.4) is 0 Å². The van der Waals surface area contributed by atoms with Crippen molar-refractivity contribution in [1.82, 2.24) is 10.3 Å². The summed E-state index contributed by atoms with van der Waals surface area (Å²) < 4.78 is 6.57. The van der Waals surface area contributed by atoms with Crippen molar-refractivity contribution in [3.05, 3.63) is 28.5 Å². The lowest BCUT2D eigenvalue weighted by atomic mass is 9.93. The number of halogens is 1. The van der Waals surface area contributed by atoms with Crippen LogP contribution in [0.25, 0.3) is 0 Å². The highest BCUT2D eigenvalue weighted by atomic mass is 79.9. The topological polar surface area (TPSA) is 34.1 Å². The van der Waals surface area contributed by atoms with Gasteiger partial charge in [-0.15, -0.1) is 0 Å². The lowest BCUT2D eigenvalue weighted by molar-refractivity contribution is 0.112. The summed E-state index contributed by atoms with van der Waals surface area (Å²) >= 11 is 3.36. The van der Waals surface area contributed by atoms with Gasteiger partial charge in [-0.2, -0.15) is 0 Å². The molecule has 1 aliphatic heterocycles. The Balaban J connectivity index is 1.55. The summed E-state index contributed by atoms with van der Waals surface area (Å²) in [5, 5.41) is 3.40. The summed E-state index contributed by atoms with van der Waals surface area (Å²) in [4.78, 5) is 4.10. The van der Waals surface area contributed by atoms with E-state index >= 15 is 0 Å². The molecule has 3 nitrogen and oxygen atoms in total. The maximum Gasteiger partial charge on any atom is 0.106 e. The number of pyridine rings is 1. The van der Waals surface area contributed by atoms with E-state index in [1.165, 1.54) is 44.3 Å². The van der Waals surface area contributed by atoms with Crippen molar-refractivity contribution in [1.29, 1.82) is 0 Å². The van der Waals surface area contributed by atoms with E-state index in [-0.39, 0.29) is 0 Å². The number of ether oxygens (including phenoxy) is 1. The van der Waals surface area contributed by atoms with Crippen molar-refractivity contribution in [2.75, 3.05) is 19.7 Å². The highest BCUT2D eigenvalue weighted by molar-refractivity contribution is 9.10. The fourth-order valence-corrected chi connectivity index (χ4v) is 2.78. The van der Waals surface area contributed by atoms with Gasteiger partial charge in [-0.05, 0) is 78.3 Å². The van der Waals surface area contributed by atoms with Gasteiger partial charge in [-0.25, -0.2) is 4.98 Å². The van der Waals surface area contributed by atoms with Gasteiger partial charge in [-0.3, -0.25) is 0 Å². The second-order valence-corrected chi connectivity index (χ2v) is 5.69. The quantitative estimate of drug-likeness (QED) is 0.647. The standard InChI is InChI=1S/C14H21BrN2O/c15-14-10-13(5-8-17-14)11-18-9-1-2-12-3-6-16-7-4-12/h5,8,10,12,16H,1-4,6-7,9,11H2. The zero-order valence-corrected chi connectivity index (χ0v) is 12.3. The minimum atomic E-state index is 0.688. The van der Waals surface area contributed by atoms with E-state index in [0.29, 0.717) is 6.61 Å². The van der Waals surface area contributed by atoms with Crippen LogP contribution >= 0.6 is 15.9 Å². The Morgan fingerprint density at radius 3 is 3.00 bits per heavy atom. The molecular formula is C14H21BrN2O. The third kappa shape index (κ3) is 5.04. The molecule has 2 rings (SSSR count). The third-order valence-corrected chi connectivity index (χ3v) is 3.85. The molecule has 1 fully saturated rings. The zero-order valence-electron chi connectivity index (χ0n) is 10.7. The van der Waals surface area contributed by atoms with E-state index in [4.69, 9.17) is 4.74 Å². The molecule has 0 spiro atoms. The Hall–Kier alpha value is -0.450. The van der Waals surface area contributed by atoms with Gasteiger partial charge in [-0.1, -0.05) is 0 Å². The average molecular weight is 313 g/mol. The van der Waals surface area contributed by atoms with E-state index in [9.17, 15) is 0 Å². The van der Waals surface area contributed by atoms with Gasteiger partial charge in [0.15, 0.2) is 0 Å². The number of nitrogens with zero attached hydrogens (tertiary/aromatic N) is 1. The molecule has 0 amide bonds. The Bertz CT molecular complexity index is 353. The Kier molecular flexibility index (Phi) is 6.11. The Labute approximate surface area is 117 Å². The molecule has 0 bridgehead atoms. The third-order valence-electron chi connectivity index (χ3n) is 3.42. The van der Waals surface area contributed by atoms with Crippen LogP contribution in [0.1, 0.15) is 31.2 Å². The predicted octanol–water partition coefficient (Wildman–Crippen LogP) is 3.14. The van der Waals surface area contributed by atoms with Gasteiger partial charge < -0.3 is 10.1 Å². The summed E-state index contributed by atoms with van der Waals surface area (Å²) in [6.07, 6.45) is 6.95. The van der Waals surface area contributed by atoms with Crippen molar-refractivity contribution >= 4 is 15.9 Å². The first-order valence-corrected chi connectivity index (χ1v) is 7.53. The highest BCUT2D eigenvalue weighted by Crippen LogP contribution is 2.17. The van der Waals surface area contributed by atoms with Crippen molar-refractivity contribution in [3.8, 4) is 0 Å². The smallest absolute Gasteiger partial charge is 0.106 e. The fourth-order valence-electron chi connectivity index (χ4n) is 2.37. The van der Waals surface area contributed by atoms with Crippen LogP contribution in [0.15, 0.2) is 22.9 Å². The molecule has 1 aromatic heterocycles. The number of piperidine rings is 1. The van der Waals surface area contributed by atoms with Crippen LogP contribution in [0.2, 0.25) is 0 Å². The second-order valence-electron chi connectivity index (χ2n) is 4.88.